The van der Waals surface area contributed by atoms with E-state index >= 15 is 0 Å². The molecule has 0 radical (unpaired) electrons. The Bertz CT molecular complexity index is 787. The summed E-state index contributed by atoms with van der Waals surface area (Å²) in [5.41, 5.74) is 0.744. The molecule has 134 valence electrons. The van der Waals surface area contributed by atoms with Gasteiger partial charge in [0.2, 0.25) is 11.7 Å². The number of aryl methyl sites for hydroxylation is 2. The van der Waals surface area contributed by atoms with E-state index in [1.807, 2.05) is 6.92 Å². The second kappa shape index (κ2) is 7.65. The molecule has 0 aliphatic rings. The quantitative estimate of drug-likeness (QED) is 0.588. The summed E-state index contributed by atoms with van der Waals surface area (Å²) in [6, 6.07) is 6.32. The van der Waals surface area contributed by atoms with Crippen molar-refractivity contribution in [2.24, 2.45) is 7.05 Å². The molecule has 0 saturated heterocycles. The highest BCUT2D eigenvalue weighted by atomic mass is 16.6. The summed E-state index contributed by atoms with van der Waals surface area (Å²) < 4.78 is 6.50. The number of amides is 1. The van der Waals surface area contributed by atoms with Crippen LogP contribution in [0.3, 0.4) is 0 Å². The summed E-state index contributed by atoms with van der Waals surface area (Å²) in [6.45, 7) is 3.37. The van der Waals surface area contributed by atoms with E-state index < -0.39 is 11.0 Å². The van der Waals surface area contributed by atoms with Gasteiger partial charge in [-0.3, -0.25) is 14.9 Å². The number of carbonyl (C=O) groups is 1. The summed E-state index contributed by atoms with van der Waals surface area (Å²) in [5, 5.41) is 21.0. The van der Waals surface area contributed by atoms with Gasteiger partial charge in [0.1, 0.15) is 17.5 Å². The van der Waals surface area contributed by atoms with E-state index in [1.54, 1.807) is 45.3 Å². The van der Waals surface area contributed by atoms with Crippen molar-refractivity contribution in [1.29, 1.82) is 0 Å². The number of rotatable bonds is 7. The van der Waals surface area contributed by atoms with Gasteiger partial charge in [-0.1, -0.05) is 13.0 Å². The first-order valence-corrected chi connectivity index (χ1v) is 7.76. The molecule has 25 heavy (non-hydrogen) atoms. The molecule has 2 rings (SSSR count). The summed E-state index contributed by atoms with van der Waals surface area (Å²) >= 11 is 0. The first kappa shape index (κ1) is 18.2. The number of methoxy groups -OCH3 is 1. The van der Waals surface area contributed by atoms with Crippen molar-refractivity contribution < 1.29 is 14.5 Å². The van der Waals surface area contributed by atoms with Crippen LogP contribution in [-0.4, -0.2) is 33.8 Å². The van der Waals surface area contributed by atoms with Gasteiger partial charge in [0, 0.05) is 18.8 Å². The molecule has 9 heteroatoms. The molecule has 0 aliphatic carbocycles. The summed E-state index contributed by atoms with van der Waals surface area (Å²) in [5.74, 6) is 0.524. The molecule has 0 saturated carbocycles. The zero-order valence-corrected chi connectivity index (χ0v) is 14.6. The molecule has 2 aromatic rings. The number of hydrogen-bond acceptors (Lipinski definition) is 6. The Balaban J connectivity index is 2.20. The molecule has 0 fully saturated rings. The van der Waals surface area contributed by atoms with Crippen LogP contribution in [0.1, 0.15) is 19.0 Å². The van der Waals surface area contributed by atoms with Crippen molar-refractivity contribution in [3.63, 3.8) is 0 Å². The molecule has 0 spiro atoms. The van der Waals surface area contributed by atoms with Gasteiger partial charge in [0.05, 0.1) is 12.0 Å². The third-order valence-electron chi connectivity index (χ3n) is 3.75. The van der Waals surface area contributed by atoms with Gasteiger partial charge in [-0.05, 0) is 25.5 Å². The highest BCUT2D eigenvalue weighted by Crippen LogP contribution is 2.28. The fourth-order valence-electron chi connectivity index (χ4n) is 2.48. The van der Waals surface area contributed by atoms with Crippen LogP contribution in [-0.2, 0) is 11.8 Å². The molecule has 1 heterocycles. The van der Waals surface area contributed by atoms with E-state index in [2.05, 4.69) is 15.7 Å². The molecule has 9 nitrogen and oxygen atoms in total. The van der Waals surface area contributed by atoms with E-state index in [1.165, 1.54) is 4.68 Å². The fraction of sp³-hybridized carbons (Fsp3) is 0.375. The van der Waals surface area contributed by atoms with Crippen LogP contribution in [0.2, 0.25) is 0 Å². The monoisotopic (exact) mass is 347 g/mol. The summed E-state index contributed by atoms with van der Waals surface area (Å²) in [6.07, 6.45) is 0.442. The number of anilines is 2. The number of benzene rings is 1. The lowest BCUT2D eigenvalue weighted by molar-refractivity contribution is -0.384. The first-order valence-electron chi connectivity index (χ1n) is 7.76. The maximum Gasteiger partial charge on any atom is 0.333 e. The van der Waals surface area contributed by atoms with Crippen LogP contribution < -0.4 is 15.4 Å². The Hall–Kier alpha value is -3.10. The van der Waals surface area contributed by atoms with E-state index in [0.717, 1.165) is 0 Å². The third-order valence-corrected chi connectivity index (χ3v) is 3.75. The van der Waals surface area contributed by atoms with E-state index in [4.69, 9.17) is 4.74 Å². The molecular weight excluding hydrogens is 326 g/mol. The number of nitrogens with one attached hydrogen (secondary N) is 2. The largest absolute Gasteiger partial charge is 0.497 e. The lowest BCUT2D eigenvalue weighted by Gasteiger charge is -2.17. The number of hydrogen-bond donors (Lipinski definition) is 2. The van der Waals surface area contributed by atoms with E-state index in [-0.39, 0.29) is 23.1 Å². The van der Waals surface area contributed by atoms with Crippen LogP contribution in [0.5, 0.6) is 5.75 Å². The Kier molecular flexibility index (Phi) is 5.58. The van der Waals surface area contributed by atoms with Crippen molar-refractivity contribution in [1.82, 2.24) is 9.78 Å². The second-order valence-corrected chi connectivity index (χ2v) is 5.49. The zero-order chi connectivity index (χ0) is 18.6. The van der Waals surface area contributed by atoms with Gasteiger partial charge in [0.25, 0.3) is 0 Å². The maximum atomic E-state index is 12.5. The molecule has 1 atom stereocenters. The van der Waals surface area contributed by atoms with Crippen LogP contribution in [0.25, 0.3) is 0 Å². The molecular formula is C16H21N5O4. The Morgan fingerprint density at radius 1 is 1.48 bits per heavy atom. The minimum atomic E-state index is -0.653. The molecule has 2 N–H and O–H groups in total. The van der Waals surface area contributed by atoms with Crippen LogP contribution in [0, 0.1) is 17.0 Å². The standard InChI is InChI=1S/C16H21N5O4/c1-5-13(16(22)17-11-7-6-8-12(9-11)25-4)18-15-14(21(23)24)10(2)19-20(15)3/h6-9,13,18H,5H2,1-4H3,(H,17,22)/t13-/m0/s1. The van der Waals surface area contributed by atoms with Crippen molar-refractivity contribution in [2.75, 3.05) is 17.7 Å². The smallest absolute Gasteiger partial charge is 0.333 e. The van der Waals surface area contributed by atoms with Crippen LogP contribution in [0.4, 0.5) is 17.2 Å². The SMILES string of the molecule is CC[C@H](Nc1c([N+](=O)[O-])c(C)nn1C)C(=O)Nc1cccc(OC)c1. The van der Waals surface area contributed by atoms with Crippen molar-refractivity contribution in [3.05, 3.63) is 40.1 Å². The highest BCUT2D eigenvalue weighted by molar-refractivity contribution is 5.96. The first-order chi connectivity index (χ1) is 11.9. The summed E-state index contributed by atoms with van der Waals surface area (Å²) in [7, 11) is 3.14. The number of nitro groups is 1. The van der Waals surface area contributed by atoms with Gasteiger partial charge in [-0.25, -0.2) is 4.68 Å². The lowest BCUT2D eigenvalue weighted by atomic mass is 10.2. The van der Waals surface area contributed by atoms with Crippen LogP contribution in [0.15, 0.2) is 24.3 Å². The number of carbonyl (C=O) groups excluding carboxylic acids is 1. The van der Waals surface area contributed by atoms with Gasteiger partial charge in [-0.15, -0.1) is 0 Å². The third kappa shape index (κ3) is 4.06. The topological polar surface area (TPSA) is 111 Å². The van der Waals surface area contributed by atoms with Gasteiger partial charge in [0.15, 0.2) is 0 Å². The average Bonchev–Trinajstić information content (AvgIpc) is 2.86. The molecule has 0 aliphatic heterocycles. The van der Waals surface area contributed by atoms with Gasteiger partial charge >= 0.3 is 5.69 Å². The predicted octanol–water partition coefficient (Wildman–Crippen LogP) is 2.47. The lowest BCUT2D eigenvalue weighted by Crippen LogP contribution is -2.35. The van der Waals surface area contributed by atoms with Crippen LogP contribution >= 0.6 is 0 Å². The van der Waals surface area contributed by atoms with Gasteiger partial charge < -0.3 is 15.4 Å². The van der Waals surface area contributed by atoms with Crippen molar-refractivity contribution >= 4 is 23.1 Å². The van der Waals surface area contributed by atoms with Crippen molar-refractivity contribution in [2.45, 2.75) is 26.3 Å². The minimum absolute atomic E-state index is 0.130. The van der Waals surface area contributed by atoms with E-state index in [9.17, 15) is 14.9 Å². The zero-order valence-electron chi connectivity index (χ0n) is 14.6. The molecule has 1 aromatic carbocycles. The Labute approximate surface area is 145 Å². The Morgan fingerprint density at radius 2 is 2.20 bits per heavy atom. The predicted molar refractivity (Wildman–Crippen MR) is 93.9 cm³/mol. The molecule has 0 unspecified atom stereocenters. The Morgan fingerprint density at radius 3 is 2.80 bits per heavy atom. The van der Waals surface area contributed by atoms with E-state index in [0.29, 0.717) is 17.9 Å². The highest BCUT2D eigenvalue weighted by Gasteiger charge is 2.27. The number of ether oxygens (including phenoxy) is 1. The maximum absolute atomic E-state index is 12.5. The molecule has 1 amide bonds. The number of nitrogens with zero attached hydrogens (tertiary/aromatic N) is 3. The molecule has 1 aromatic heterocycles. The minimum Gasteiger partial charge on any atom is -0.497 e. The van der Waals surface area contributed by atoms with Crippen molar-refractivity contribution in [3.8, 4) is 5.75 Å². The molecule has 0 bridgehead atoms. The second-order valence-electron chi connectivity index (χ2n) is 5.49. The number of aromatic nitrogens is 2. The summed E-state index contributed by atoms with van der Waals surface area (Å²) in [4.78, 5) is 23.3. The average molecular weight is 347 g/mol. The fourth-order valence-corrected chi connectivity index (χ4v) is 2.48. The normalized spacial score (nSPS) is 11.7. The van der Waals surface area contributed by atoms with Gasteiger partial charge in [-0.2, -0.15) is 5.10 Å².